The topological polar surface area (TPSA) is 199 Å². The van der Waals surface area contributed by atoms with Crippen LogP contribution >= 0.6 is 0 Å². The summed E-state index contributed by atoms with van der Waals surface area (Å²) in [7, 11) is 0. The molecule has 1 aromatic rings. The summed E-state index contributed by atoms with van der Waals surface area (Å²) < 4.78 is 0. The van der Waals surface area contributed by atoms with Gasteiger partial charge in [0.2, 0.25) is 11.6 Å². The number of primary amides is 1. The Kier molecular flexibility index (Phi) is 3.95. The van der Waals surface area contributed by atoms with Crippen LogP contribution in [0.3, 0.4) is 0 Å². The number of aromatic hydroxyl groups is 1. The van der Waals surface area contributed by atoms with Gasteiger partial charge in [0.05, 0.1) is 11.2 Å². The number of benzene rings is 1. The average molecular weight is 417 g/mol. The molecule has 0 spiro atoms. The van der Waals surface area contributed by atoms with Crippen molar-refractivity contribution in [2.24, 2.45) is 17.6 Å². The number of carbonyl (C=O) groups is 3. The molecule has 8 N–H and O–H groups in total. The van der Waals surface area contributed by atoms with E-state index in [1.54, 1.807) is 0 Å². The van der Waals surface area contributed by atoms with Gasteiger partial charge in [-0.1, -0.05) is 12.1 Å². The number of fused-ring (bicyclic) bond motifs is 3. The van der Waals surface area contributed by atoms with E-state index in [0.717, 1.165) is 0 Å². The number of amides is 1. The molecule has 0 aliphatic heterocycles. The molecular formula is C20H19NO9. The maximum absolute atomic E-state index is 13.3. The molecule has 0 aromatic heterocycles. The van der Waals surface area contributed by atoms with Crippen LogP contribution in [0.2, 0.25) is 0 Å². The quantitative estimate of drug-likeness (QED) is 0.282. The minimum absolute atomic E-state index is 0.0983. The lowest BCUT2D eigenvalue weighted by Crippen LogP contribution is -2.64. The van der Waals surface area contributed by atoms with Gasteiger partial charge in [-0.2, -0.15) is 0 Å². The van der Waals surface area contributed by atoms with Crippen molar-refractivity contribution in [1.82, 2.24) is 0 Å². The van der Waals surface area contributed by atoms with E-state index in [9.17, 15) is 45.0 Å². The first kappa shape index (κ1) is 20.1. The van der Waals surface area contributed by atoms with Crippen molar-refractivity contribution >= 4 is 23.2 Å². The van der Waals surface area contributed by atoms with E-state index in [0.29, 0.717) is 0 Å². The molecule has 0 radical (unpaired) electrons. The van der Waals surface area contributed by atoms with Crippen LogP contribution in [0.4, 0.5) is 0 Å². The molecule has 5 atom stereocenters. The molecule has 10 heteroatoms. The number of hydrogen-bond acceptors (Lipinski definition) is 9. The number of phenols is 1. The van der Waals surface area contributed by atoms with Crippen molar-refractivity contribution in [2.75, 3.05) is 0 Å². The number of nitrogens with two attached hydrogens (primary N) is 1. The van der Waals surface area contributed by atoms with E-state index in [1.165, 1.54) is 25.1 Å². The number of aliphatic hydroxyl groups is 5. The largest absolute Gasteiger partial charge is 0.508 e. The highest BCUT2D eigenvalue weighted by Gasteiger charge is 2.66. The Hall–Kier alpha value is -3.21. The second-order valence-electron chi connectivity index (χ2n) is 8.00. The number of phenolic OH excluding ortho intramolecular Hbond substituents is 1. The summed E-state index contributed by atoms with van der Waals surface area (Å²) in [5.41, 5.74) is -1.46. The van der Waals surface area contributed by atoms with Crippen molar-refractivity contribution in [2.45, 2.75) is 30.7 Å². The second kappa shape index (κ2) is 5.91. The summed E-state index contributed by atoms with van der Waals surface area (Å²) >= 11 is 0. The maximum Gasteiger partial charge on any atom is 0.255 e. The van der Waals surface area contributed by atoms with Crippen LogP contribution in [-0.2, 0) is 20.0 Å². The first-order valence-electron chi connectivity index (χ1n) is 9.08. The van der Waals surface area contributed by atoms with Crippen LogP contribution in [0.5, 0.6) is 5.75 Å². The van der Waals surface area contributed by atoms with Crippen molar-refractivity contribution in [3.8, 4) is 5.75 Å². The number of rotatable bonds is 1. The minimum atomic E-state index is -2.94. The number of hydrogen-bond donors (Lipinski definition) is 7. The summed E-state index contributed by atoms with van der Waals surface area (Å²) in [5, 5.41) is 64.2. The van der Waals surface area contributed by atoms with E-state index in [1.807, 2.05) is 0 Å². The van der Waals surface area contributed by atoms with Gasteiger partial charge in [-0.15, -0.1) is 0 Å². The second-order valence-corrected chi connectivity index (χ2v) is 8.00. The third-order valence-electron chi connectivity index (χ3n) is 6.46. The minimum Gasteiger partial charge on any atom is -0.508 e. The Labute approximate surface area is 169 Å². The molecular weight excluding hydrogens is 398 g/mol. The van der Waals surface area contributed by atoms with E-state index < -0.39 is 81.5 Å². The van der Waals surface area contributed by atoms with Gasteiger partial charge in [0, 0.05) is 17.4 Å². The summed E-state index contributed by atoms with van der Waals surface area (Å²) in [6.45, 7) is 1.32. The molecule has 158 valence electrons. The zero-order valence-electron chi connectivity index (χ0n) is 15.7. The van der Waals surface area contributed by atoms with Crippen molar-refractivity contribution in [3.05, 3.63) is 46.2 Å². The third kappa shape index (κ3) is 2.15. The maximum atomic E-state index is 13.3. The normalized spacial score (nSPS) is 35.7. The van der Waals surface area contributed by atoms with Crippen LogP contribution in [0.1, 0.15) is 24.5 Å². The van der Waals surface area contributed by atoms with Gasteiger partial charge >= 0.3 is 0 Å². The van der Waals surface area contributed by atoms with E-state index in [-0.39, 0.29) is 11.1 Å². The van der Waals surface area contributed by atoms with Crippen LogP contribution < -0.4 is 5.73 Å². The molecule has 0 bridgehead atoms. The molecule has 0 saturated heterocycles. The lowest BCUT2D eigenvalue weighted by molar-refractivity contribution is -0.164. The molecule has 1 saturated carbocycles. The summed E-state index contributed by atoms with van der Waals surface area (Å²) in [6, 6.07) is 4.08. The van der Waals surface area contributed by atoms with E-state index >= 15 is 0 Å². The fourth-order valence-electron chi connectivity index (χ4n) is 4.91. The molecule has 1 amide bonds. The van der Waals surface area contributed by atoms with Gasteiger partial charge in [0.1, 0.15) is 28.9 Å². The Morgan fingerprint density at radius 3 is 2.40 bits per heavy atom. The third-order valence-corrected chi connectivity index (χ3v) is 6.46. The van der Waals surface area contributed by atoms with Crippen LogP contribution in [0.15, 0.2) is 35.1 Å². The predicted octanol–water partition coefficient (Wildman–Crippen LogP) is -0.940. The van der Waals surface area contributed by atoms with Crippen molar-refractivity contribution < 1.29 is 45.0 Å². The Bertz CT molecular complexity index is 1100. The first-order chi connectivity index (χ1) is 13.9. The van der Waals surface area contributed by atoms with E-state index in [2.05, 4.69) is 0 Å². The molecule has 10 nitrogen and oxygen atoms in total. The highest BCUT2D eigenvalue weighted by Crippen LogP contribution is 2.56. The van der Waals surface area contributed by atoms with Gasteiger partial charge in [-0.25, -0.2) is 0 Å². The van der Waals surface area contributed by atoms with Crippen LogP contribution in [0.25, 0.3) is 5.76 Å². The van der Waals surface area contributed by atoms with E-state index in [4.69, 9.17) is 5.73 Å². The summed E-state index contributed by atoms with van der Waals surface area (Å²) in [6.07, 6.45) is -2.48. The Morgan fingerprint density at radius 2 is 1.80 bits per heavy atom. The molecule has 1 aromatic carbocycles. The zero-order chi connectivity index (χ0) is 22.3. The highest BCUT2D eigenvalue weighted by atomic mass is 16.4. The standard InChI is InChI=1S/C20H19NO9/c1-19(29)6-3-2-4-9(22)10(6)14(24)11-7(19)5-8-13(23)15(25)12(18(21)28)17(27)20(8,30)16(11)26/h2-4,7-8,13,22-24,27,29-30H,5H2,1H3,(H2,21,28)/t7-,8-,13?,19+,20-/m0/s1. The fourth-order valence-corrected chi connectivity index (χ4v) is 4.91. The zero-order valence-corrected chi connectivity index (χ0v) is 15.7. The molecule has 1 fully saturated rings. The molecule has 30 heavy (non-hydrogen) atoms. The van der Waals surface area contributed by atoms with Gasteiger partial charge in [0.15, 0.2) is 5.60 Å². The average Bonchev–Trinajstić information content (AvgIpc) is 2.66. The van der Waals surface area contributed by atoms with Gasteiger partial charge in [0.25, 0.3) is 5.91 Å². The lowest BCUT2D eigenvalue weighted by Gasteiger charge is -2.51. The number of Topliss-reactive ketones (excluding diaryl/α,β-unsaturated/α-hetero) is 2. The molecule has 3 aliphatic rings. The van der Waals surface area contributed by atoms with Crippen molar-refractivity contribution in [3.63, 3.8) is 0 Å². The summed E-state index contributed by atoms with van der Waals surface area (Å²) in [4.78, 5) is 37.3. The fraction of sp³-hybridized carbons (Fsp3) is 0.350. The van der Waals surface area contributed by atoms with Gasteiger partial charge in [-0.05, 0) is 25.0 Å². The van der Waals surface area contributed by atoms with Gasteiger partial charge < -0.3 is 36.4 Å². The smallest absolute Gasteiger partial charge is 0.255 e. The summed E-state index contributed by atoms with van der Waals surface area (Å²) in [5.74, 6) is -9.32. The first-order valence-corrected chi connectivity index (χ1v) is 9.08. The molecule has 0 heterocycles. The molecule has 4 rings (SSSR count). The van der Waals surface area contributed by atoms with Crippen molar-refractivity contribution in [1.29, 1.82) is 0 Å². The van der Waals surface area contributed by atoms with Crippen LogP contribution in [-0.4, -0.2) is 59.8 Å². The highest BCUT2D eigenvalue weighted by molar-refractivity contribution is 6.24. The number of carbonyl (C=O) groups excluding carboxylic acids is 3. The predicted molar refractivity (Wildman–Crippen MR) is 98.6 cm³/mol. The SMILES string of the molecule is C[C@@]1(O)c2cccc(O)c2C(O)=C2C(=O)[C@]3(O)C(O)=C(C(N)=O)C(=O)C(O)[C@@H]3C[C@@H]21. The molecule has 3 aliphatic carbocycles. The van der Waals surface area contributed by atoms with Crippen LogP contribution in [0, 0.1) is 11.8 Å². The monoisotopic (exact) mass is 417 g/mol. The number of ketones is 2. The Morgan fingerprint density at radius 1 is 1.17 bits per heavy atom. The Balaban J connectivity index is 2.04. The number of aliphatic hydroxyl groups excluding tert-OH is 3. The lowest BCUT2D eigenvalue weighted by atomic mass is 9.55. The molecule has 1 unspecified atom stereocenters. The van der Waals surface area contributed by atoms with Gasteiger partial charge in [-0.3, -0.25) is 14.4 Å².